The minimum absolute atomic E-state index is 0.0189. The first kappa shape index (κ1) is 25.0. The molecule has 1 aliphatic heterocycles. The second-order valence-electron chi connectivity index (χ2n) is 7.28. The number of thioether (sulfide) groups is 1. The lowest BCUT2D eigenvalue weighted by molar-refractivity contribution is -0.384. The van der Waals surface area contributed by atoms with Gasteiger partial charge in [0.25, 0.3) is 16.8 Å². The van der Waals surface area contributed by atoms with E-state index >= 15 is 0 Å². The van der Waals surface area contributed by atoms with Crippen LogP contribution < -0.4 is 9.47 Å². The first-order valence-corrected chi connectivity index (χ1v) is 12.2. The quantitative estimate of drug-likeness (QED) is 0.155. The number of hydrogen-bond donors (Lipinski definition) is 0. The first-order valence-electron chi connectivity index (χ1n) is 10.3. The summed E-state index contributed by atoms with van der Waals surface area (Å²) in [6, 6.07) is 9.63. The van der Waals surface area contributed by atoms with Crippen LogP contribution in [0.15, 0.2) is 41.3 Å². The van der Waals surface area contributed by atoms with Crippen molar-refractivity contribution in [3.8, 4) is 11.5 Å². The maximum Gasteiger partial charge on any atom is 0.293 e. The highest BCUT2D eigenvalue weighted by atomic mass is 127. The summed E-state index contributed by atoms with van der Waals surface area (Å²) in [6.45, 7) is 6.27. The number of halogens is 1. The molecule has 174 valence electrons. The molecule has 1 fully saturated rings. The highest BCUT2D eigenvalue weighted by Crippen LogP contribution is 2.38. The predicted molar refractivity (Wildman–Crippen MR) is 135 cm³/mol. The second kappa shape index (κ2) is 11.0. The zero-order valence-electron chi connectivity index (χ0n) is 18.4. The Morgan fingerprint density at radius 2 is 1.88 bits per heavy atom. The van der Waals surface area contributed by atoms with E-state index in [9.17, 15) is 19.7 Å². The Kier molecular flexibility index (Phi) is 8.35. The van der Waals surface area contributed by atoms with Crippen LogP contribution in [0, 0.1) is 13.7 Å². The van der Waals surface area contributed by atoms with Gasteiger partial charge in [0, 0.05) is 18.2 Å². The molecule has 0 radical (unpaired) electrons. The molecule has 3 rings (SSSR count). The van der Waals surface area contributed by atoms with Gasteiger partial charge < -0.3 is 9.47 Å². The third-order valence-electron chi connectivity index (χ3n) is 5.01. The normalized spacial score (nSPS) is 15.8. The average Bonchev–Trinajstić information content (AvgIpc) is 3.05. The van der Waals surface area contributed by atoms with Gasteiger partial charge in [0.05, 0.1) is 20.0 Å². The van der Waals surface area contributed by atoms with Gasteiger partial charge in [-0.2, -0.15) is 0 Å². The predicted octanol–water partition coefficient (Wildman–Crippen LogP) is 6.01. The zero-order chi connectivity index (χ0) is 24.1. The number of nitro benzene ring substituents is 1. The van der Waals surface area contributed by atoms with Gasteiger partial charge in [-0.15, -0.1) is 0 Å². The summed E-state index contributed by atoms with van der Waals surface area (Å²) < 4.78 is 12.5. The number of nitrogens with zero attached hydrogens (tertiary/aromatic N) is 2. The van der Waals surface area contributed by atoms with Crippen molar-refractivity contribution in [2.75, 3.05) is 6.61 Å². The van der Waals surface area contributed by atoms with E-state index in [1.807, 2.05) is 26.8 Å². The fraction of sp³-hybridized carbons (Fsp3) is 0.304. The van der Waals surface area contributed by atoms with E-state index < -0.39 is 4.92 Å². The van der Waals surface area contributed by atoms with E-state index in [2.05, 4.69) is 22.6 Å². The van der Waals surface area contributed by atoms with Gasteiger partial charge in [-0.3, -0.25) is 24.6 Å². The van der Waals surface area contributed by atoms with Crippen molar-refractivity contribution in [2.45, 2.75) is 39.8 Å². The highest BCUT2D eigenvalue weighted by molar-refractivity contribution is 14.1. The second-order valence-corrected chi connectivity index (χ2v) is 9.44. The number of rotatable bonds is 9. The van der Waals surface area contributed by atoms with Gasteiger partial charge in [-0.05, 0) is 96.1 Å². The van der Waals surface area contributed by atoms with E-state index in [4.69, 9.17) is 9.47 Å². The fourth-order valence-corrected chi connectivity index (χ4v) is 4.85. The van der Waals surface area contributed by atoms with Gasteiger partial charge >= 0.3 is 0 Å². The fourth-order valence-electron chi connectivity index (χ4n) is 3.14. The van der Waals surface area contributed by atoms with E-state index in [-0.39, 0.29) is 29.5 Å². The molecule has 2 aromatic carbocycles. The van der Waals surface area contributed by atoms with Crippen molar-refractivity contribution in [1.82, 2.24) is 4.90 Å². The van der Waals surface area contributed by atoms with Crippen molar-refractivity contribution >= 4 is 57.3 Å². The molecule has 0 unspecified atom stereocenters. The van der Waals surface area contributed by atoms with Crippen LogP contribution in [0.3, 0.4) is 0 Å². The topological polar surface area (TPSA) is 99.0 Å². The van der Waals surface area contributed by atoms with Crippen molar-refractivity contribution in [2.24, 2.45) is 0 Å². The lowest BCUT2D eigenvalue weighted by atomic mass is 10.1. The number of amides is 2. The molecule has 0 aliphatic carbocycles. The minimum Gasteiger partial charge on any atom is -0.490 e. The van der Waals surface area contributed by atoms with Crippen molar-refractivity contribution in [1.29, 1.82) is 0 Å². The number of nitro groups is 1. The van der Waals surface area contributed by atoms with Crippen molar-refractivity contribution in [3.05, 3.63) is 66.1 Å². The van der Waals surface area contributed by atoms with Gasteiger partial charge in [0.1, 0.15) is 6.61 Å². The number of non-ortho nitro benzene ring substituents is 1. The number of carbonyl (C=O) groups is 2. The molecule has 1 heterocycles. The first-order chi connectivity index (χ1) is 15.7. The molecule has 0 N–H and O–H groups in total. The third-order valence-corrected chi connectivity index (χ3v) is 6.70. The maximum absolute atomic E-state index is 12.7. The van der Waals surface area contributed by atoms with E-state index in [1.54, 1.807) is 24.3 Å². The average molecular weight is 582 g/mol. The Morgan fingerprint density at radius 3 is 2.48 bits per heavy atom. The van der Waals surface area contributed by atoms with Crippen molar-refractivity contribution < 1.29 is 24.0 Å². The maximum atomic E-state index is 12.7. The molecule has 8 nitrogen and oxygen atoms in total. The molecule has 33 heavy (non-hydrogen) atoms. The molecule has 1 atom stereocenters. The lowest BCUT2D eigenvalue weighted by Crippen LogP contribution is -2.36. The molecule has 0 saturated carbocycles. The molecule has 1 aliphatic rings. The van der Waals surface area contributed by atoms with E-state index in [1.165, 1.54) is 17.0 Å². The summed E-state index contributed by atoms with van der Waals surface area (Å²) in [6.07, 6.45) is 2.39. The summed E-state index contributed by atoms with van der Waals surface area (Å²) in [5.74, 6) is 0.769. The Labute approximate surface area is 209 Å². The van der Waals surface area contributed by atoms with E-state index in [0.29, 0.717) is 29.4 Å². The van der Waals surface area contributed by atoms with Crippen LogP contribution in [0.5, 0.6) is 11.5 Å². The summed E-state index contributed by atoms with van der Waals surface area (Å²) in [4.78, 5) is 37.1. The monoisotopic (exact) mass is 582 g/mol. The summed E-state index contributed by atoms with van der Waals surface area (Å²) in [5.41, 5.74) is 1.52. The number of hydrogen-bond acceptors (Lipinski definition) is 7. The van der Waals surface area contributed by atoms with Crippen LogP contribution in [-0.4, -0.2) is 33.6 Å². The minimum atomic E-state index is -0.447. The Bertz CT molecular complexity index is 1100. The zero-order valence-corrected chi connectivity index (χ0v) is 21.3. The van der Waals surface area contributed by atoms with Crippen LogP contribution in [-0.2, 0) is 11.4 Å². The summed E-state index contributed by atoms with van der Waals surface area (Å²) in [7, 11) is 0. The van der Waals surface area contributed by atoms with Crippen LogP contribution in [0.2, 0.25) is 0 Å². The van der Waals surface area contributed by atoms with Gasteiger partial charge in [0.15, 0.2) is 11.5 Å². The van der Waals surface area contributed by atoms with Crippen LogP contribution in [0.4, 0.5) is 10.5 Å². The Balaban J connectivity index is 1.84. The molecule has 2 aromatic rings. The summed E-state index contributed by atoms with van der Waals surface area (Å²) >= 11 is 3.07. The smallest absolute Gasteiger partial charge is 0.293 e. The molecule has 0 aromatic heterocycles. The highest BCUT2D eigenvalue weighted by Gasteiger charge is 2.37. The number of benzene rings is 2. The lowest BCUT2D eigenvalue weighted by Gasteiger charge is -2.19. The van der Waals surface area contributed by atoms with Gasteiger partial charge in [-0.1, -0.05) is 6.92 Å². The molecule has 2 amide bonds. The molecule has 10 heteroatoms. The van der Waals surface area contributed by atoms with Crippen molar-refractivity contribution in [3.63, 3.8) is 0 Å². The SMILES string of the molecule is CCOc1cc(/C=C2/SC(=O)N([C@@H](C)CC)C2=O)cc(I)c1OCc1ccc([N+](=O)[O-])cc1. The molecule has 0 spiro atoms. The molecular formula is C23H23IN2O6S. The largest absolute Gasteiger partial charge is 0.490 e. The van der Waals surface area contributed by atoms with Gasteiger partial charge in [-0.25, -0.2) is 0 Å². The van der Waals surface area contributed by atoms with Gasteiger partial charge in [0.2, 0.25) is 0 Å². The van der Waals surface area contributed by atoms with Crippen LogP contribution in [0.1, 0.15) is 38.3 Å². The third kappa shape index (κ3) is 5.85. The number of ether oxygens (including phenoxy) is 2. The van der Waals surface area contributed by atoms with E-state index in [0.717, 1.165) is 26.5 Å². The number of imide groups is 1. The van der Waals surface area contributed by atoms with Crippen LogP contribution in [0.25, 0.3) is 6.08 Å². The Hall–Kier alpha value is -2.60. The Morgan fingerprint density at radius 1 is 1.18 bits per heavy atom. The number of carbonyl (C=O) groups excluding carboxylic acids is 2. The molecule has 1 saturated heterocycles. The molecule has 0 bridgehead atoms. The summed E-state index contributed by atoms with van der Waals surface area (Å²) in [5, 5.41) is 10.6. The standard InChI is InChI=1S/C23H23IN2O6S/c1-4-14(3)25-22(27)20(33-23(25)28)12-16-10-18(24)21(19(11-16)31-5-2)32-13-15-6-8-17(9-7-15)26(29)30/h6-12,14H,4-5,13H2,1-3H3/b20-12+/t14-/m0/s1. The van der Waals surface area contributed by atoms with Crippen LogP contribution >= 0.6 is 34.4 Å². The molecular weight excluding hydrogens is 559 g/mol.